The van der Waals surface area contributed by atoms with Gasteiger partial charge in [0, 0.05) is 23.3 Å². The Kier molecular flexibility index (Phi) is 8.32. The zero-order valence-corrected chi connectivity index (χ0v) is 19.9. The van der Waals surface area contributed by atoms with Crippen molar-refractivity contribution in [2.45, 2.75) is 18.1 Å². The van der Waals surface area contributed by atoms with Crippen molar-refractivity contribution in [1.29, 1.82) is 0 Å². The van der Waals surface area contributed by atoms with Crippen LogP contribution in [-0.2, 0) is 11.8 Å². The standard InChI is InChI=1S/C22H24ClN5O4S/c1-13-4-7-15(23)10-17(13)24-19(30)12-33-22-27-26-20(28(22)2)18(11-29)25-21(31)14-5-8-16(32-3)9-6-14/h4-10,18,29H,11-12H2,1-3H3,(H,24,30)(H,25,31). The third-order valence-corrected chi connectivity index (χ3v) is 6.08. The predicted octanol–water partition coefficient (Wildman–Crippen LogP) is 2.98. The number of aliphatic hydroxyl groups excluding tert-OH is 1. The van der Waals surface area contributed by atoms with Crippen molar-refractivity contribution in [2.24, 2.45) is 7.05 Å². The second-order valence-corrected chi connectivity index (χ2v) is 8.51. The van der Waals surface area contributed by atoms with E-state index in [2.05, 4.69) is 20.8 Å². The lowest BCUT2D eigenvalue weighted by molar-refractivity contribution is -0.113. The van der Waals surface area contributed by atoms with Crippen LogP contribution in [-0.4, -0.2) is 51.2 Å². The van der Waals surface area contributed by atoms with Crippen molar-refractivity contribution in [2.75, 3.05) is 24.8 Å². The average Bonchev–Trinajstić information content (AvgIpc) is 3.18. The van der Waals surface area contributed by atoms with Gasteiger partial charge in [-0.3, -0.25) is 9.59 Å². The Morgan fingerprint density at radius 1 is 1.21 bits per heavy atom. The van der Waals surface area contributed by atoms with E-state index in [1.807, 2.05) is 13.0 Å². The number of ether oxygens (including phenoxy) is 1. The Bertz CT molecular complexity index is 1140. The number of amides is 2. The number of aryl methyl sites for hydroxylation is 1. The van der Waals surface area contributed by atoms with Crippen molar-refractivity contribution in [1.82, 2.24) is 20.1 Å². The van der Waals surface area contributed by atoms with Gasteiger partial charge < -0.3 is 25.0 Å². The Morgan fingerprint density at radius 3 is 2.61 bits per heavy atom. The molecule has 3 aromatic rings. The van der Waals surface area contributed by atoms with Gasteiger partial charge in [0.05, 0.1) is 19.5 Å². The molecule has 2 amide bonds. The van der Waals surface area contributed by atoms with Crippen LogP contribution in [0.2, 0.25) is 5.02 Å². The van der Waals surface area contributed by atoms with E-state index in [4.69, 9.17) is 16.3 Å². The van der Waals surface area contributed by atoms with Crippen LogP contribution in [0.1, 0.15) is 27.8 Å². The number of thioether (sulfide) groups is 1. The highest BCUT2D eigenvalue weighted by atomic mass is 35.5. The molecule has 3 rings (SSSR count). The first-order valence-electron chi connectivity index (χ1n) is 9.96. The first-order chi connectivity index (χ1) is 15.8. The van der Waals surface area contributed by atoms with Gasteiger partial charge in [-0.1, -0.05) is 29.4 Å². The van der Waals surface area contributed by atoms with Gasteiger partial charge in [0.15, 0.2) is 11.0 Å². The number of benzene rings is 2. The minimum absolute atomic E-state index is 0.0971. The molecule has 0 saturated carbocycles. The molecular formula is C22H24ClN5O4S. The fraction of sp³-hybridized carbons (Fsp3) is 0.273. The first-order valence-corrected chi connectivity index (χ1v) is 11.3. The van der Waals surface area contributed by atoms with Crippen LogP contribution in [0.15, 0.2) is 47.6 Å². The van der Waals surface area contributed by atoms with Gasteiger partial charge in [-0.15, -0.1) is 10.2 Å². The summed E-state index contributed by atoms with van der Waals surface area (Å²) >= 11 is 7.18. The van der Waals surface area contributed by atoms with Crippen molar-refractivity contribution in [3.05, 3.63) is 64.4 Å². The number of rotatable bonds is 9. The number of halogens is 1. The zero-order chi connectivity index (χ0) is 24.0. The smallest absolute Gasteiger partial charge is 0.251 e. The largest absolute Gasteiger partial charge is 0.497 e. The number of carbonyl (C=O) groups excluding carboxylic acids is 2. The third-order valence-electron chi connectivity index (χ3n) is 4.83. The predicted molar refractivity (Wildman–Crippen MR) is 127 cm³/mol. The topological polar surface area (TPSA) is 118 Å². The number of aromatic nitrogens is 3. The van der Waals surface area contributed by atoms with E-state index in [1.165, 1.54) is 11.8 Å². The lowest BCUT2D eigenvalue weighted by Gasteiger charge is -2.16. The summed E-state index contributed by atoms with van der Waals surface area (Å²) in [6.45, 7) is 1.51. The Hall–Kier alpha value is -3.08. The summed E-state index contributed by atoms with van der Waals surface area (Å²) < 4.78 is 6.73. The molecule has 0 aliphatic rings. The summed E-state index contributed by atoms with van der Waals surface area (Å²) in [4.78, 5) is 24.9. The quantitative estimate of drug-likeness (QED) is 0.395. The van der Waals surface area contributed by atoms with Crippen molar-refractivity contribution >= 4 is 40.9 Å². The van der Waals surface area contributed by atoms with E-state index in [-0.39, 0.29) is 24.2 Å². The summed E-state index contributed by atoms with van der Waals surface area (Å²) in [5, 5.41) is 24.6. The van der Waals surface area contributed by atoms with Gasteiger partial charge in [-0.25, -0.2) is 0 Å². The molecule has 0 aliphatic carbocycles. The molecule has 0 radical (unpaired) electrons. The maximum absolute atomic E-state index is 12.6. The Balaban J connectivity index is 1.62. The van der Waals surface area contributed by atoms with Crippen LogP contribution in [0.5, 0.6) is 5.75 Å². The van der Waals surface area contributed by atoms with E-state index < -0.39 is 6.04 Å². The molecule has 33 heavy (non-hydrogen) atoms. The zero-order valence-electron chi connectivity index (χ0n) is 18.3. The number of nitrogens with one attached hydrogen (secondary N) is 2. The fourth-order valence-electron chi connectivity index (χ4n) is 2.98. The average molecular weight is 490 g/mol. The third kappa shape index (κ3) is 6.25. The van der Waals surface area contributed by atoms with Crippen LogP contribution in [0.4, 0.5) is 5.69 Å². The minimum Gasteiger partial charge on any atom is -0.497 e. The number of anilines is 1. The lowest BCUT2D eigenvalue weighted by Crippen LogP contribution is -2.32. The van der Waals surface area contributed by atoms with Gasteiger partial charge in [0.25, 0.3) is 5.91 Å². The summed E-state index contributed by atoms with van der Waals surface area (Å²) in [5.41, 5.74) is 1.96. The van der Waals surface area contributed by atoms with Crippen LogP contribution in [0.25, 0.3) is 0 Å². The van der Waals surface area contributed by atoms with Gasteiger partial charge >= 0.3 is 0 Å². The normalized spacial score (nSPS) is 11.7. The summed E-state index contributed by atoms with van der Waals surface area (Å²) in [5.74, 6) is 0.509. The van der Waals surface area contributed by atoms with Crippen LogP contribution >= 0.6 is 23.4 Å². The molecule has 1 heterocycles. The molecule has 0 bridgehead atoms. The van der Waals surface area contributed by atoms with E-state index in [0.717, 1.165) is 5.56 Å². The highest BCUT2D eigenvalue weighted by Gasteiger charge is 2.22. The van der Waals surface area contributed by atoms with Gasteiger partial charge in [0.1, 0.15) is 11.8 Å². The number of hydrogen-bond acceptors (Lipinski definition) is 7. The number of hydrogen-bond donors (Lipinski definition) is 3. The van der Waals surface area contributed by atoms with Crippen LogP contribution < -0.4 is 15.4 Å². The van der Waals surface area contributed by atoms with Crippen LogP contribution in [0, 0.1) is 6.92 Å². The first kappa shape index (κ1) is 24.6. The second-order valence-electron chi connectivity index (χ2n) is 7.13. The molecule has 0 fully saturated rings. The van der Waals surface area contributed by atoms with Crippen molar-refractivity contribution in [3.8, 4) is 5.75 Å². The highest BCUT2D eigenvalue weighted by molar-refractivity contribution is 7.99. The molecule has 174 valence electrons. The van der Waals surface area contributed by atoms with E-state index in [9.17, 15) is 14.7 Å². The summed E-state index contributed by atoms with van der Waals surface area (Å²) in [7, 11) is 3.25. The molecular weight excluding hydrogens is 466 g/mol. The molecule has 2 aromatic carbocycles. The van der Waals surface area contributed by atoms with Gasteiger partial charge in [0.2, 0.25) is 5.91 Å². The molecule has 0 saturated heterocycles. The summed E-state index contributed by atoms with van der Waals surface area (Å²) in [6.07, 6.45) is 0. The van der Waals surface area contributed by atoms with Gasteiger partial charge in [-0.05, 0) is 48.9 Å². The monoisotopic (exact) mass is 489 g/mol. The number of methoxy groups -OCH3 is 1. The Morgan fingerprint density at radius 2 is 1.94 bits per heavy atom. The minimum atomic E-state index is -0.769. The molecule has 0 spiro atoms. The number of nitrogens with zero attached hydrogens (tertiary/aromatic N) is 3. The lowest BCUT2D eigenvalue weighted by atomic mass is 10.2. The number of carbonyl (C=O) groups is 2. The van der Waals surface area contributed by atoms with E-state index in [1.54, 1.807) is 55.1 Å². The maximum atomic E-state index is 12.6. The molecule has 11 heteroatoms. The fourth-order valence-corrected chi connectivity index (χ4v) is 3.87. The molecule has 1 unspecified atom stereocenters. The SMILES string of the molecule is COc1ccc(C(=O)NC(CO)c2nnc(SCC(=O)Nc3cc(Cl)ccc3C)n2C)cc1. The maximum Gasteiger partial charge on any atom is 0.251 e. The molecule has 9 nitrogen and oxygen atoms in total. The highest BCUT2D eigenvalue weighted by Crippen LogP contribution is 2.23. The molecule has 1 aromatic heterocycles. The summed E-state index contributed by atoms with van der Waals surface area (Å²) in [6, 6.07) is 11.1. The number of aliphatic hydroxyl groups is 1. The Labute approximate surface area is 200 Å². The van der Waals surface area contributed by atoms with E-state index in [0.29, 0.717) is 33.0 Å². The van der Waals surface area contributed by atoms with Gasteiger partial charge in [-0.2, -0.15) is 0 Å². The van der Waals surface area contributed by atoms with E-state index >= 15 is 0 Å². The molecule has 1 atom stereocenters. The molecule has 3 N–H and O–H groups in total. The van der Waals surface area contributed by atoms with Crippen molar-refractivity contribution < 1.29 is 19.4 Å². The molecule has 0 aliphatic heterocycles. The van der Waals surface area contributed by atoms with Crippen LogP contribution in [0.3, 0.4) is 0 Å². The van der Waals surface area contributed by atoms with Crippen molar-refractivity contribution in [3.63, 3.8) is 0 Å². The second kappa shape index (κ2) is 11.2.